The van der Waals surface area contributed by atoms with Gasteiger partial charge in [-0.05, 0) is 13.0 Å². The molecule has 0 saturated heterocycles. The number of ether oxygens (including phenoxy) is 1. The molecule has 0 bridgehead atoms. The number of hydrogen-bond donors (Lipinski definition) is 1. The Kier molecular flexibility index (Phi) is 3.96. The summed E-state index contributed by atoms with van der Waals surface area (Å²) in [6.45, 7) is 2.19. The molecule has 0 saturated carbocycles. The molecule has 7 heteroatoms. The Morgan fingerprint density at radius 3 is 2.83 bits per heavy atom. The largest absolute Gasteiger partial charge is 0.372 e. The van der Waals surface area contributed by atoms with Crippen molar-refractivity contribution >= 4 is 16.9 Å². The number of halogens is 1. The number of nitrogens with zero attached hydrogens (tertiary/aromatic N) is 4. The predicted octanol–water partition coefficient (Wildman–Crippen LogP) is 2.48. The lowest BCUT2D eigenvalue weighted by Gasteiger charge is -2.29. The minimum Gasteiger partial charge on any atom is -0.372 e. The van der Waals surface area contributed by atoms with Crippen LogP contribution in [0.4, 0.5) is 10.2 Å². The van der Waals surface area contributed by atoms with Crippen molar-refractivity contribution in [2.24, 2.45) is 7.05 Å². The molecule has 3 rings (SSSR count). The molecular weight excluding hydrogens is 297 g/mol. The van der Waals surface area contributed by atoms with Crippen LogP contribution in [0.25, 0.3) is 11.0 Å². The van der Waals surface area contributed by atoms with E-state index in [1.54, 1.807) is 36.2 Å². The van der Waals surface area contributed by atoms with Gasteiger partial charge < -0.3 is 10.1 Å². The molecule has 0 aliphatic heterocycles. The lowest BCUT2D eigenvalue weighted by Crippen LogP contribution is -2.34. The van der Waals surface area contributed by atoms with E-state index in [4.69, 9.17) is 4.74 Å². The molecule has 6 nitrogen and oxygen atoms in total. The van der Waals surface area contributed by atoms with E-state index in [0.717, 1.165) is 11.0 Å². The summed E-state index contributed by atoms with van der Waals surface area (Å²) >= 11 is 0. The van der Waals surface area contributed by atoms with Crippen LogP contribution in [0.3, 0.4) is 0 Å². The summed E-state index contributed by atoms with van der Waals surface area (Å²) in [6, 6.07) is 6.60. The molecule has 0 aliphatic rings. The highest BCUT2D eigenvalue weighted by molar-refractivity contribution is 5.85. The molecule has 1 atom stereocenters. The van der Waals surface area contributed by atoms with Crippen LogP contribution in [-0.2, 0) is 17.4 Å². The van der Waals surface area contributed by atoms with Crippen LogP contribution in [0.1, 0.15) is 12.5 Å². The summed E-state index contributed by atoms with van der Waals surface area (Å²) in [5.74, 6) is 0.343. The third kappa shape index (κ3) is 2.75. The van der Waals surface area contributed by atoms with Crippen molar-refractivity contribution in [1.29, 1.82) is 0 Å². The second-order valence-corrected chi connectivity index (χ2v) is 5.50. The van der Waals surface area contributed by atoms with Gasteiger partial charge in [-0.25, -0.2) is 14.4 Å². The molecule has 2 aromatic heterocycles. The Hall–Kier alpha value is -2.54. The standard InChI is InChI=1S/C16H18FN5O/c1-16(23-3,12-6-4-5-7-13(12)17)9-18-14-11-8-21-22(2)15(11)20-10-19-14/h4-8,10H,9H2,1-3H3,(H,18,19,20). The number of hydrogen-bond acceptors (Lipinski definition) is 5. The Bertz CT molecular complexity index is 834. The maximum Gasteiger partial charge on any atom is 0.163 e. The number of anilines is 1. The monoisotopic (exact) mass is 315 g/mol. The van der Waals surface area contributed by atoms with Crippen molar-refractivity contribution in [2.45, 2.75) is 12.5 Å². The van der Waals surface area contributed by atoms with E-state index in [0.29, 0.717) is 17.9 Å². The summed E-state index contributed by atoms with van der Waals surface area (Å²) in [7, 11) is 3.38. The van der Waals surface area contributed by atoms with Gasteiger partial charge in [0.2, 0.25) is 0 Å². The number of methoxy groups -OCH3 is 1. The van der Waals surface area contributed by atoms with Gasteiger partial charge in [-0.1, -0.05) is 18.2 Å². The van der Waals surface area contributed by atoms with Crippen molar-refractivity contribution < 1.29 is 9.13 Å². The zero-order valence-corrected chi connectivity index (χ0v) is 13.2. The van der Waals surface area contributed by atoms with E-state index in [1.807, 2.05) is 14.0 Å². The Balaban J connectivity index is 1.89. The first-order chi connectivity index (χ1) is 11.0. The van der Waals surface area contributed by atoms with E-state index in [1.165, 1.54) is 12.4 Å². The summed E-state index contributed by atoms with van der Waals surface area (Å²) in [5, 5.41) is 8.21. The van der Waals surface area contributed by atoms with Gasteiger partial charge >= 0.3 is 0 Å². The summed E-state index contributed by atoms with van der Waals surface area (Å²) in [6.07, 6.45) is 3.17. The lowest BCUT2D eigenvalue weighted by molar-refractivity contribution is 0.0108. The van der Waals surface area contributed by atoms with Gasteiger partial charge in [0.25, 0.3) is 0 Å². The van der Waals surface area contributed by atoms with Gasteiger partial charge in [0, 0.05) is 26.3 Å². The molecule has 3 aromatic rings. The zero-order valence-electron chi connectivity index (χ0n) is 13.2. The van der Waals surface area contributed by atoms with Gasteiger partial charge in [0.05, 0.1) is 11.6 Å². The highest BCUT2D eigenvalue weighted by Gasteiger charge is 2.29. The fourth-order valence-corrected chi connectivity index (χ4v) is 2.52. The number of nitrogens with one attached hydrogen (secondary N) is 1. The van der Waals surface area contributed by atoms with Crippen LogP contribution in [0.5, 0.6) is 0 Å². The second-order valence-electron chi connectivity index (χ2n) is 5.50. The third-order valence-electron chi connectivity index (χ3n) is 4.02. The van der Waals surface area contributed by atoms with Crippen LogP contribution in [-0.4, -0.2) is 33.4 Å². The summed E-state index contributed by atoms with van der Waals surface area (Å²) in [4.78, 5) is 8.45. The third-order valence-corrected chi connectivity index (χ3v) is 4.02. The molecule has 1 aromatic carbocycles. The molecular formula is C16H18FN5O. The summed E-state index contributed by atoms with van der Waals surface area (Å²) < 4.78 is 21.4. The molecule has 1 N–H and O–H groups in total. The molecule has 0 amide bonds. The normalized spacial score (nSPS) is 13.9. The van der Waals surface area contributed by atoms with E-state index < -0.39 is 5.60 Å². The quantitative estimate of drug-likeness (QED) is 0.783. The van der Waals surface area contributed by atoms with Crippen molar-refractivity contribution in [3.63, 3.8) is 0 Å². The average Bonchev–Trinajstić information content (AvgIpc) is 2.95. The second kappa shape index (κ2) is 5.92. The number of fused-ring (bicyclic) bond motifs is 1. The van der Waals surface area contributed by atoms with Crippen LogP contribution < -0.4 is 5.32 Å². The minimum atomic E-state index is -0.829. The Morgan fingerprint density at radius 2 is 2.09 bits per heavy atom. The Morgan fingerprint density at radius 1 is 1.30 bits per heavy atom. The molecule has 2 heterocycles. The van der Waals surface area contributed by atoms with Crippen LogP contribution >= 0.6 is 0 Å². The molecule has 0 radical (unpaired) electrons. The average molecular weight is 315 g/mol. The molecule has 1 unspecified atom stereocenters. The minimum absolute atomic E-state index is 0.298. The number of benzene rings is 1. The fraction of sp³-hybridized carbons (Fsp3) is 0.312. The van der Waals surface area contributed by atoms with Crippen molar-refractivity contribution in [3.05, 3.63) is 48.2 Å². The number of aromatic nitrogens is 4. The number of aryl methyl sites for hydroxylation is 1. The van der Waals surface area contributed by atoms with Gasteiger partial charge in [-0.2, -0.15) is 5.10 Å². The van der Waals surface area contributed by atoms with Gasteiger partial charge in [-0.3, -0.25) is 4.68 Å². The maximum absolute atomic E-state index is 14.1. The highest BCUT2D eigenvalue weighted by Crippen LogP contribution is 2.28. The first-order valence-corrected chi connectivity index (χ1v) is 7.22. The lowest BCUT2D eigenvalue weighted by atomic mass is 9.95. The van der Waals surface area contributed by atoms with Crippen LogP contribution in [0, 0.1) is 5.82 Å². The summed E-state index contributed by atoms with van der Waals surface area (Å²) in [5.41, 5.74) is 0.393. The fourth-order valence-electron chi connectivity index (χ4n) is 2.52. The van der Waals surface area contributed by atoms with E-state index in [-0.39, 0.29) is 5.82 Å². The van der Waals surface area contributed by atoms with Crippen molar-refractivity contribution in [3.8, 4) is 0 Å². The van der Waals surface area contributed by atoms with Gasteiger partial charge in [0.1, 0.15) is 23.6 Å². The van der Waals surface area contributed by atoms with Gasteiger partial charge in [-0.15, -0.1) is 0 Å². The van der Waals surface area contributed by atoms with Crippen LogP contribution in [0.15, 0.2) is 36.8 Å². The van der Waals surface area contributed by atoms with E-state index in [2.05, 4.69) is 20.4 Å². The molecule has 0 fully saturated rings. The smallest absolute Gasteiger partial charge is 0.163 e. The highest BCUT2D eigenvalue weighted by atomic mass is 19.1. The SMILES string of the molecule is COC(C)(CNc1ncnc2c1cnn2C)c1ccccc1F. The first kappa shape index (κ1) is 15.4. The molecule has 120 valence electrons. The zero-order chi connectivity index (χ0) is 16.4. The van der Waals surface area contributed by atoms with Crippen molar-refractivity contribution in [2.75, 3.05) is 19.0 Å². The first-order valence-electron chi connectivity index (χ1n) is 7.22. The van der Waals surface area contributed by atoms with Crippen molar-refractivity contribution in [1.82, 2.24) is 19.7 Å². The van der Waals surface area contributed by atoms with E-state index >= 15 is 0 Å². The predicted molar refractivity (Wildman–Crippen MR) is 85.6 cm³/mol. The molecule has 23 heavy (non-hydrogen) atoms. The molecule has 0 spiro atoms. The topological polar surface area (TPSA) is 64.9 Å². The van der Waals surface area contributed by atoms with Crippen LogP contribution in [0.2, 0.25) is 0 Å². The molecule has 0 aliphatic carbocycles. The van der Waals surface area contributed by atoms with Gasteiger partial charge in [0.15, 0.2) is 5.65 Å². The number of rotatable bonds is 5. The maximum atomic E-state index is 14.1. The van der Waals surface area contributed by atoms with E-state index in [9.17, 15) is 4.39 Å². The Labute approximate surface area is 133 Å².